The fourth-order valence-corrected chi connectivity index (χ4v) is 2.03. The molecule has 0 atom stereocenters. The Morgan fingerprint density at radius 3 is 2.69 bits per heavy atom. The van der Waals surface area contributed by atoms with E-state index in [0.29, 0.717) is 11.2 Å². The number of aromatic hydroxyl groups is 1. The molecule has 0 aliphatic carbocycles. The number of hydrogen-bond donors (Lipinski definition) is 2. The Bertz CT molecular complexity index is 638. The normalized spacial score (nSPS) is 11.8. The van der Waals surface area contributed by atoms with E-state index in [9.17, 15) is 13.5 Å². The molecule has 1 aromatic carbocycles. The number of phenolic OH excluding ortho intramolecular Hbond substituents is 1. The van der Waals surface area contributed by atoms with Gasteiger partial charge in [0.15, 0.2) is 0 Å². The molecule has 0 fully saturated rings. The molecule has 0 radical (unpaired) electrons. The monoisotopic (exact) mass is 238 g/mol. The van der Waals surface area contributed by atoms with E-state index in [-0.39, 0.29) is 11.5 Å². The maximum Gasteiger partial charge on any atom is 0.214 e. The summed E-state index contributed by atoms with van der Waals surface area (Å²) in [5, 5.41) is 15.2. The molecule has 0 spiro atoms. The van der Waals surface area contributed by atoms with Crippen LogP contribution < -0.4 is 5.14 Å². The minimum absolute atomic E-state index is 0.0220. The van der Waals surface area contributed by atoms with Gasteiger partial charge < -0.3 is 5.11 Å². The van der Waals surface area contributed by atoms with E-state index in [4.69, 9.17) is 5.14 Å². The number of nitrogens with two attached hydrogens (primary N) is 1. The highest BCUT2D eigenvalue weighted by Crippen LogP contribution is 2.22. The standard InChI is InChI=1S/C10H10N2O3S/c11-16(14,15)6-8-5-4-7-2-1-3-9(13)10(7)12-8/h1-5,13H,6H2,(H2,11,14,15). The third kappa shape index (κ3) is 2.29. The molecule has 16 heavy (non-hydrogen) atoms. The van der Waals surface area contributed by atoms with Crippen LogP contribution in [0, 0.1) is 0 Å². The maximum atomic E-state index is 10.9. The smallest absolute Gasteiger partial charge is 0.214 e. The second kappa shape index (κ2) is 3.73. The predicted molar refractivity (Wildman–Crippen MR) is 60.2 cm³/mol. The van der Waals surface area contributed by atoms with Gasteiger partial charge in [0, 0.05) is 5.39 Å². The second-order valence-corrected chi connectivity index (χ2v) is 5.07. The number of hydrogen-bond acceptors (Lipinski definition) is 4. The van der Waals surface area contributed by atoms with Gasteiger partial charge in [-0.2, -0.15) is 0 Å². The average Bonchev–Trinajstić information content (AvgIpc) is 2.17. The number of phenols is 1. The van der Waals surface area contributed by atoms with Crippen LogP contribution in [0.25, 0.3) is 10.9 Å². The molecule has 0 aliphatic heterocycles. The van der Waals surface area contributed by atoms with Gasteiger partial charge in [-0.25, -0.2) is 18.5 Å². The van der Waals surface area contributed by atoms with Gasteiger partial charge in [0.1, 0.15) is 17.0 Å². The van der Waals surface area contributed by atoms with Crippen LogP contribution in [0.5, 0.6) is 5.75 Å². The first-order chi connectivity index (χ1) is 7.46. The SMILES string of the molecule is NS(=O)(=O)Cc1ccc2cccc(O)c2n1. The van der Waals surface area contributed by atoms with Gasteiger partial charge >= 0.3 is 0 Å². The van der Waals surface area contributed by atoms with Gasteiger partial charge in [0.25, 0.3) is 0 Å². The number of fused-ring (bicyclic) bond motifs is 1. The summed E-state index contributed by atoms with van der Waals surface area (Å²) in [5.74, 6) is -0.314. The van der Waals surface area contributed by atoms with Crippen LogP contribution in [0.3, 0.4) is 0 Å². The second-order valence-electron chi connectivity index (χ2n) is 3.46. The molecule has 2 rings (SSSR count). The van der Waals surface area contributed by atoms with Gasteiger partial charge in [-0.3, -0.25) is 0 Å². The van der Waals surface area contributed by atoms with E-state index in [1.54, 1.807) is 24.3 Å². The van der Waals surface area contributed by atoms with Crippen molar-refractivity contribution in [3.8, 4) is 5.75 Å². The zero-order valence-corrected chi connectivity index (χ0v) is 9.11. The number of sulfonamides is 1. The molecule has 6 heteroatoms. The number of pyridine rings is 1. The van der Waals surface area contributed by atoms with E-state index >= 15 is 0 Å². The Labute approximate surface area is 92.6 Å². The molecule has 0 saturated carbocycles. The van der Waals surface area contributed by atoms with E-state index < -0.39 is 10.0 Å². The molecule has 5 nitrogen and oxygen atoms in total. The van der Waals surface area contributed by atoms with Gasteiger partial charge in [-0.05, 0) is 12.1 Å². The van der Waals surface area contributed by atoms with Gasteiger partial charge in [0.2, 0.25) is 10.0 Å². The van der Waals surface area contributed by atoms with Crippen molar-refractivity contribution >= 4 is 20.9 Å². The number of aromatic nitrogens is 1. The Morgan fingerprint density at radius 1 is 1.25 bits per heavy atom. The van der Waals surface area contributed by atoms with Crippen molar-refractivity contribution < 1.29 is 13.5 Å². The zero-order chi connectivity index (χ0) is 11.8. The highest BCUT2D eigenvalue weighted by molar-refractivity contribution is 7.88. The van der Waals surface area contributed by atoms with E-state index in [1.807, 2.05) is 0 Å². The van der Waals surface area contributed by atoms with Crippen LogP contribution >= 0.6 is 0 Å². The lowest BCUT2D eigenvalue weighted by molar-refractivity contribution is 0.480. The quantitative estimate of drug-likeness (QED) is 0.806. The third-order valence-corrected chi connectivity index (χ3v) is 2.80. The first kappa shape index (κ1) is 10.8. The summed E-state index contributed by atoms with van der Waals surface area (Å²) in [6, 6.07) is 8.24. The van der Waals surface area contributed by atoms with Crippen molar-refractivity contribution in [2.75, 3.05) is 0 Å². The third-order valence-electron chi connectivity index (χ3n) is 2.11. The van der Waals surface area contributed by atoms with Crippen LogP contribution in [0.2, 0.25) is 0 Å². The highest BCUT2D eigenvalue weighted by atomic mass is 32.2. The summed E-state index contributed by atoms with van der Waals surface area (Å²) in [7, 11) is -3.60. The van der Waals surface area contributed by atoms with Crippen molar-refractivity contribution in [2.24, 2.45) is 5.14 Å². The largest absolute Gasteiger partial charge is 0.506 e. The Hall–Kier alpha value is -1.66. The van der Waals surface area contributed by atoms with Gasteiger partial charge in [-0.1, -0.05) is 18.2 Å². The summed E-state index contributed by atoms with van der Waals surface area (Å²) < 4.78 is 21.8. The molecule has 0 saturated heterocycles. The minimum Gasteiger partial charge on any atom is -0.506 e. The van der Waals surface area contributed by atoms with Crippen LogP contribution in [0.15, 0.2) is 30.3 Å². The van der Waals surface area contributed by atoms with Crippen molar-refractivity contribution in [1.82, 2.24) is 4.98 Å². The Kier molecular flexibility index (Phi) is 2.53. The molecular formula is C10H10N2O3S. The molecule has 84 valence electrons. The summed E-state index contributed by atoms with van der Waals surface area (Å²) >= 11 is 0. The number of nitrogens with zero attached hydrogens (tertiary/aromatic N) is 1. The van der Waals surface area contributed by atoms with Gasteiger partial charge in [0.05, 0.1) is 5.69 Å². The minimum atomic E-state index is -3.60. The van der Waals surface area contributed by atoms with Crippen LogP contribution in [0.1, 0.15) is 5.69 Å². The Balaban J connectivity index is 2.55. The number of para-hydroxylation sites is 1. The lowest BCUT2D eigenvalue weighted by Gasteiger charge is -2.03. The zero-order valence-electron chi connectivity index (χ0n) is 8.29. The summed E-state index contributed by atoms with van der Waals surface area (Å²) in [4.78, 5) is 4.05. The molecule has 1 aromatic heterocycles. The fourth-order valence-electron chi connectivity index (χ4n) is 1.46. The van der Waals surface area contributed by atoms with E-state index in [2.05, 4.69) is 4.98 Å². The summed E-state index contributed by atoms with van der Waals surface area (Å²) in [6.07, 6.45) is 0. The topological polar surface area (TPSA) is 93.3 Å². The molecule has 0 aliphatic rings. The summed E-state index contributed by atoms with van der Waals surface area (Å²) in [6.45, 7) is 0. The van der Waals surface area contributed by atoms with E-state index in [1.165, 1.54) is 6.07 Å². The lowest BCUT2D eigenvalue weighted by atomic mass is 10.2. The molecular weight excluding hydrogens is 228 g/mol. The molecule has 0 unspecified atom stereocenters. The van der Waals surface area contributed by atoms with Crippen molar-refractivity contribution in [1.29, 1.82) is 0 Å². The van der Waals surface area contributed by atoms with Crippen LogP contribution in [0.4, 0.5) is 0 Å². The lowest BCUT2D eigenvalue weighted by Crippen LogP contribution is -2.15. The highest BCUT2D eigenvalue weighted by Gasteiger charge is 2.08. The van der Waals surface area contributed by atoms with Crippen LogP contribution in [-0.4, -0.2) is 18.5 Å². The molecule has 0 bridgehead atoms. The van der Waals surface area contributed by atoms with E-state index in [0.717, 1.165) is 5.39 Å². The number of benzene rings is 1. The first-order valence-corrected chi connectivity index (χ1v) is 6.25. The van der Waals surface area contributed by atoms with Gasteiger partial charge in [-0.15, -0.1) is 0 Å². The van der Waals surface area contributed by atoms with Crippen molar-refractivity contribution in [2.45, 2.75) is 5.75 Å². The molecule has 1 heterocycles. The molecule has 3 N–H and O–H groups in total. The predicted octanol–water partition coefficient (Wildman–Crippen LogP) is 0.729. The average molecular weight is 238 g/mol. The molecule has 0 amide bonds. The van der Waals surface area contributed by atoms with Crippen molar-refractivity contribution in [3.05, 3.63) is 36.0 Å². The maximum absolute atomic E-state index is 10.9. The number of rotatable bonds is 2. The summed E-state index contributed by atoms with van der Waals surface area (Å²) in [5.41, 5.74) is 0.695. The molecule has 2 aromatic rings. The first-order valence-electron chi connectivity index (χ1n) is 4.54. The van der Waals surface area contributed by atoms with Crippen molar-refractivity contribution in [3.63, 3.8) is 0 Å². The fraction of sp³-hybridized carbons (Fsp3) is 0.100. The van der Waals surface area contributed by atoms with Crippen LogP contribution in [-0.2, 0) is 15.8 Å². The Morgan fingerprint density at radius 2 is 2.00 bits per heavy atom. The number of primary sulfonamides is 1.